The Morgan fingerprint density at radius 2 is 1.28 bits per heavy atom. The van der Waals surface area contributed by atoms with Crippen LogP contribution in [0.15, 0.2) is 40.1 Å². The number of fused-ring (bicyclic) bond motifs is 1. The van der Waals surface area contributed by atoms with Crippen LogP contribution in [0.25, 0.3) is 43.1 Å². The van der Waals surface area contributed by atoms with Crippen molar-refractivity contribution in [1.82, 2.24) is 0 Å². The summed E-state index contributed by atoms with van der Waals surface area (Å²) in [5.74, 6) is 0. The molecule has 25 heavy (non-hydrogen) atoms. The van der Waals surface area contributed by atoms with Crippen molar-refractivity contribution in [1.29, 1.82) is 0 Å². The van der Waals surface area contributed by atoms with Crippen LogP contribution < -0.4 is 0 Å². The summed E-state index contributed by atoms with van der Waals surface area (Å²) in [5, 5.41) is 3.50. The largest absolute Gasteiger partial charge is 0.296 e. The number of benzene rings is 7. The first kappa shape index (κ1) is 15.3. The quantitative estimate of drug-likeness (QED) is 0.348. The van der Waals surface area contributed by atoms with Gasteiger partial charge in [0.2, 0.25) is 0 Å². The Bertz CT molecular complexity index is 1540. The van der Waals surface area contributed by atoms with E-state index in [-0.39, 0.29) is 15.8 Å². The molecule has 0 unspecified atom stereocenters. The van der Waals surface area contributed by atoms with Crippen molar-refractivity contribution in [2.75, 3.05) is 0 Å². The Morgan fingerprint density at radius 1 is 0.680 bits per heavy atom. The van der Waals surface area contributed by atoms with E-state index < -0.39 is 30.0 Å². The fraction of sp³-hybridized carbons (Fsp3) is 0. The lowest BCUT2D eigenvalue weighted by Crippen LogP contribution is -2.13. The van der Waals surface area contributed by atoms with E-state index in [0.29, 0.717) is 21.5 Å². The van der Waals surface area contributed by atoms with Crippen LogP contribution in [-0.4, -0.2) is 25.9 Å². The van der Waals surface area contributed by atoms with Gasteiger partial charge in [0, 0.05) is 21.5 Å². The van der Waals surface area contributed by atoms with Crippen molar-refractivity contribution in [2.45, 2.75) is 9.79 Å². The van der Waals surface area contributed by atoms with Crippen LogP contribution in [0.1, 0.15) is 0 Å². The molecule has 7 aromatic rings. The lowest BCUT2D eigenvalue weighted by atomic mass is 9.84. The predicted molar refractivity (Wildman–Crippen MR) is 94.7 cm³/mol. The molecule has 0 aliphatic rings. The summed E-state index contributed by atoms with van der Waals surface area (Å²) in [5.41, 5.74) is 0. The van der Waals surface area contributed by atoms with Gasteiger partial charge in [0.05, 0.1) is 5.02 Å². The summed E-state index contributed by atoms with van der Waals surface area (Å²) in [6, 6.07) is 8.81. The van der Waals surface area contributed by atoms with Gasteiger partial charge in [-0.2, -0.15) is 16.8 Å². The highest BCUT2D eigenvalue weighted by Crippen LogP contribution is 2.55. The molecule has 0 saturated carbocycles. The molecule has 0 radical (unpaired) electrons. The topological polar surface area (TPSA) is 109 Å². The van der Waals surface area contributed by atoms with Crippen LogP contribution in [0.4, 0.5) is 0 Å². The molecular weight excluding hydrogens is 388 g/mol. The minimum Gasteiger partial charge on any atom is -0.282 e. The lowest BCUT2D eigenvalue weighted by molar-refractivity contribution is 0.469. The first-order valence-corrected chi connectivity index (χ1v) is 10.3. The monoisotopic (exact) mass is 394 g/mol. The summed E-state index contributed by atoms with van der Waals surface area (Å²) in [6.45, 7) is 0. The zero-order valence-electron chi connectivity index (χ0n) is 12.1. The molecule has 0 fully saturated rings. The second kappa shape index (κ2) is 4.22. The average molecular weight is 395 g/mol. The molecule has 7 rings (SSSR count). The van der Waals surface area contributed by atoms with E-state index in [1.807, 2.05) is 6.07 Å². The van der Waals surface area contributed by atoms with Gasteiger partial charge in [-0.05, 0) is 21.5 Å². The number of hydrogen-bond acceptors (Lipinski definition) is 4. The summed E-state index contributed by atoms with van der Waals surface area (Å²) in [4.78, 5) is -1.70. The smallest absolute Gasteiger partial charge is 0.282 e. The summed E-state index contributed by atoms with van der Waals surface area (Å²) < 4.78 is 67.2. The molecule has 0 amide bonds. The molecule has 0 saturated heterocycles. The molecule has 6 nitrogen and oxygen atoms in total. The van der Waals surface area contributed by atoms with Gasteiger partial charge < -0.3 is 0 Å². The first-order valence-electron chi connectivity index (χ1n) is 7.03. The highest BCUT2D eigenvalue weighted by molar-refractivity contribution is 7.89. The maximum absolute atomic E-state index is 12.0. The molecule has 0 spiro atoms. The van der Waals surface area contributed by atoms with E-state index in [1.165, 1.54) is 0 Å². The Hall–Kier alpha value is -1.97. The van der Waals surface area contributed by atoms with E-state index in [9.17, 15) is 25.9 Å². The Balaban J connectivity index is 2.33. The number of rotatable bonds is 2. The van der Waals surface area contributed by atoms with Crippen LogP contribution in [0.2, 0.25) is 5.02 Å². The Morgan fingerprint density at radius 3 is 1.92 bits per heavy atom. The first-order chi connectivity index (χ1) is 11.6. The molecule has 7 aromatic carbocycles. The maximum Gasteiger partial charge on any atom is 0.296 e. The standard InChI is InChI=1S/C16H7ClO6S2/c17-14-11-7-3-1-2-6-4-5-8-10(9(6)7)13(14)16(25(21,22)23)15(12(8)11)24(18,19)20/h1-5H,(H,18,19,20)(H,21,22,23). The Kier molecular flexibility index (Phi) is 2.58. The summed E-state index contributed by atoms with van der Waals surface area (Å²) in [6.07, 6.45) is 0. The zero-order chi connectivity index (χ0) is 17.9. The van der Waals surface area contributed by atoms with E-state index in [1.54, 1.807) is 24.3 Å². The lowest BCUT2D eigenvalue weighted by Gasteiger charge is -2.25. The summed E-state index contributed by atoms with van der Waals surface area (Å²) >= 11 is 6.37. The second-order valence-corrected chi connectivity index (χ2v) is 9.03. The number of hydrogen-bond donors (Lipinski definition) is 2. The van der Waals surface area contributed by atoms with Crippen molar-refractivity contribution in [2.24, 2.45) is 0 Å². The molecule has 2 N–H and O–H groups in total. The second-order valence-electron chi connectivity index (χ2n) is 5.94. The highest BCUT2D eigenvalue weighted by Gasteiger charge is 2.37. The van der Waals surface area contributed by atoms with Crippen molar-refractivity contribution in [3.63, 3.8) is 0 Å². The molecule has 0 heterocycles. The summed E-state index contributed by atoms with van der Waals surface area (Å²) in [7, 11) is -9.89. The van der Waals surface area contributed by atoms with Gasteiger partial charge in [-0.25, -0.2) is 0 Å². The molecule has 0 aromatic heterocycles. The van der Waals surface area contributed by atoms with Gasteiger partial charge in [-0.15, -0.1) is 0 Å². The van der Waals surface area contributed by atoms with E-state index in [0.717, 1.165) is 10.8 Å². The maximum atomic E-state index is 12.0. The van der Waals surface area contributed by atoms with Crippen LogP contribution in [0.3, 0.4) is 0 Å². The molecule has 0 aliphatic carbocycles. The average Bonchev–Trinajstić information content (AvgIpc) is 2.50. The third-order valence-electron chi connectivity index (χ3n) is 4.70. The molecule has 0 aliphatic heterocycles. The molecular formula is C16H7ClO6S2. The van der Waals surface area contributed by atoms with Crippen molar-refractivity contribution in [3.05, 3.63) is 35.4 Å². The minimum absolute atomic E-state index is 0.00530. The SMILES string of the molecule is O=S(=O)(O)c1c(S(=O)(=O)O)c2c3ccc4cccc5c2c(Cl)c1c3c45. The van der Waals surface area contributed by atoms with E-state index in [4.69, 9.17) is 11.6 Å². The van der Waals surface area contributed by atoms with Crippen LogP contribution in [0.5, 0.6) is 0 Å². The third-order valence-corrected chi connectivity index (χ3v) is 7.05. The van der Waals surface area contributed by atoms with Gasteiger partial charge in [-0.1, -0.05) is 41.9 Å². The van der Waals surface area contributed by atoms with Crippen LogP contribution >= 0.6 is 11.6 Å². The Labute approximate surface area is 146 Å². The van der Waals surface area contributed by atoms with Gasteiger partial charge in [0.1, 0.15) is 9.79 Å². The minimum atomic E-state index is -4.95. The molecule has 126 valence electrons. The van der Waals surface area contributed by atoms with Crippen molar-refractivity contribution < 1.29 is 25.9 Å². The van der Waals surface area contributed by atoms with Gasteiger partial charge in [-0.3, -0.25) is 9.11 Å². The molecule has 6 bridgehead atoms. The fourth-order valence-corrected chi connectivity index (χ4v) is 6.63. The third kappa shape index (κ3) is 1.66. The number of halogens is 1. The van der Waals surface area contributed by atoms with Gasteiger partial charge >= 0.3 is 0 Å². The van der Waals surface area contributed by atoms with E-state index in [2.05, 4.69) is 0 Å². The predicted octanol–water partition coefficient (Wildman–Crippen LogP) is 3.76. The molecule has 9 heteroatoms. The van der Waals surface area contributed by atoms with Crippen molar-refractivity contribution >= 4 is 74.9 Å². The van der Waals surface area contributed by atoms with Crippen LogP contribution in [0, 0.1) is 0 Å². The highest BCUT2D eigenvalue weighted by atomic mass is 35.5. The van der Waals surface area contributed by atoms with Crippen LogP contribution in [-0.2, 0) is 20.2 Å². The zero-order valence-corrected chi connectivity index (χ0v) is 14.5. The van der Waals surface area contributed by atoms with Gasteiger partial charge in [0.15, 0.2) is 0 Å². The molecule has 0 atom stereocenters. The van der Waals surface area contributed by atoms with Gasteiger partial charge in [0.25, 0.3) is 20.2 Å². The fourth-order valence-electron chi connectivity index (χ4n) is 3.96. The normalized spacial score (nSPS) is 14.0. The van der Waals surface area contributed by atoms with E-state index >= 15 is 0 Å². The van der Waals surface area contributed by atoms with Crippen molar-refractivity contribution in [3.8, 4) is 0 Å².